The van der Waals surface area contributed by atoms with Gasteiger partial charge in [0.05, 0.1) is 23.2 Å². The van der Waals surface area contributed by atoms with Crippen molar-refractivity contribution in [1.29, 1.82) is 0 Å². The summed E-state index contributed by atoms with van der Waals surface area (Å²) in [5, 5.41) is 17.9. The lowest BCUT2D eigenvalue weighted by atomic mass is 9.78. The average molecular weight is 608 g/mol. The highest BCUT2D eigenvalue weighted by molar-refractivity contribution is 6.62. The van der Waals surface area contributed by atoms with Crippen LogP contribution in [0.15, 0.2) is 42.5 Å². The third-order valence-corrected chi connectivity index (χ3v) is 6.83. The fourth-order valence-electron chi connectivity index (χ4n) is 4.32. The molecule has 0 aliphatic carbocycles. The quantitative estimate of drug-likeness (QED) is 0.149. The van der Waals surface area contributed by atoms with Crippen molar-refractivity contribution in [2.45, 2.75) is 56.6 Å². The number of nitrogens with one attached hydrogen (secondary N) is 3. The van der Waals surface area contributed by atoms with Crippen LogP contribution in [0.5, 0.6) is 5.75 Å². The van der Waals surface area contributed by atoms with Gasteiger partial charge in [0, 0.05) is 25.2 Å². The molecule has 16 heteroatoms. The molecule has 0 fully saturated rings. The lowest BCUT2D eigenvalue weighted by Crippen LogP contribution is -2.52. The largest absolute Gasteiger partial charge is 0.492 e. The first-order valence-corrected chi connectivity index (χ1v) is 13.5. The smallest absolute Gasteiger partial charge is 0.491 e. The van der Waals surface area contributed by atoms with Gasteiger partial charge < -0.3 is 47.6 Å². The van der Waals surface area contributed by atoms with Crippen LogP contribution in [0.25, 0.3) is 0 Å². The Kier molecular flexibility index (Phi) is 11.2. The fraction of sp³-hybridized carbons (Fsp3) is 0.444. The highest BCUT2D eigenvalue weighted by Crippen LogP contribution is 2.32. The first-order chi connectivity index (χ1) is 20.1. The van der Waals surface area contributed by atoms with E-state index >= 15 is 0 Å². The molecule has 1 aliphatic rings. The summed E-state index contributed by atoms with van der Waals surface area (Å²) in [6.45, 7) is 3.33. The Morgan fingerprint density at radius 2 is 1.70 bits per heavy atom. The van der Waals surface area contributed by atoms with Crippen molar-refractivity contribution in [2.75, 3.05) is 25.0 Å². The van der Waals surface area contributed by atoms with Crippen LogP contribution in [0.1, 0.15) is 37.8 Å². The predicted molar refractivity (Wildman–Crippen MR) is 153 cm³/mol. The van der Waals surface area contributed by atoms with E-state index < -0.39 is 66.9 Å². The van der Waals surface area contributed by atoms with E-state index in [0.29, 0.717) is 16.7 Å². The Bertz CT molecular complexity index is 1290. The van der Waals surface area contributed by atoms with Crippen molar-refractivity contribution in [3.63, 3.8) is 0 Å². The van der Waals surface area contributed by atoms with Gasteiger partial charge in [-0.05, 0) is 67.7 Å². The Morgan fingerprint density at radius 3 is 2.30 bits per heavy atom. The SMILES string of the molecule is CC1(C)OB(O)c2ccc(NC(=O)[C@@H](COc3ccc(C(F)(F)F)cc3)NC(=O)[C@@H](N)CCC(=O)NC(CN)CN)cc21. The number of anilines is 1. The molecule has 1 heterocycles. The number of hydrogen-bond donors (Lipinski definition) is 7. The fourth-order valence-corrected chi connectivity index (χ4v) is 4.32. The third-order valence-electron chi connectivity index (χ3n) is 6.83. The highest BCUT2D eigenvalue weighted by Gasteiger charge is 2.40. The topological polar surface area (TPSA) is 204 Å². The molecular weight excluding hydrogens is 572 g/mol. The van der Waals surface area contributed by atoms with Crippen molar-refractivity contribution in [3.05, 3.63) is 53.6 Å². The number of carbonyl (C=O) groups is 3. The summed E-state index contributed by atoms with van der Waals surface area (Å²) in [5.74, 6) is -1.85. The minimum atomic E-state index is -4.54. The van der Waals surface area contributed by atoms with E-state index in [1.807, 2.05) is 0 Å². The maximum atomic E-state index is 13.3. The van der Waals surface area contributed by atoms with E-state index in [4.69, 9.17) is 26.6 Å². The maximum absolute atomic E-state index is 13.3. The van der Waals surface area contributed by atoms with Gasteiger partial charge in [-0.2, -0.15) is 13.2 Å². The molecule has 10 N–H and O–H groups in total. The summed E-state index contributed by atoms with van der Waals surface area (Å²) >= 11 is 0. The highest BCUT2D eigenvalue weighted by atomic mass is 19.4. The first kappa shape index (κ1) is 33.8. The van der Waals surface area contributed by atoms with Crippen LogP contribution in [0.4, 0.5) is 18.9 Å². The van der Waals surface area contributed by atoms with Crippen molar-refractivity contribution < 1.29 is 42.0 Å². The van der Waals surface area contributed by atoms with Crippen LogP contribution < -0.4 is 43.4 Å². The number of ether oxygens (including phenoxy) is 1. The van der Waals surface area contributed by atoms with E-state index in [1.54, 1.807) is 32.0 Å². The van der Waals surface area contributed by atoms with E-state index in [1.165, 1.54) is 0 Å². The van der Waals surface area contributed by atoms with E-state index in [2.05, 4.69) is 16.0 Å². The molecule has 43 heavy (non-hydrogen) atoms. The van der Waals surface area contributed by atoms with Gasteiger partial charge in [-0.25, -0.2) is 0 Å². The number of nitrogens with two attached hydrogens (primary N) is 3. The van der Waals surface area contributed by atoms with Gasteiger partial charge >= 0.3 is 13.3 Å². The van der Waals surface area contributed by atoms with Gasteiger partial charge in [0.15, 0.2) is 0 Å². The lowest BCUT2D eigenvalue weighted by molar-refractivity contribution is -0.137. The second-order valence-electron chi connectivity index (χ2n) is 10.5. The molecule has 0 unspecified atom stereocenters. The molecule has 12 nitrogen and oxygen atoms in total. The molecule has 0 aromatic heterocycles. The standard InChI is InChI=1S/C27H36BF3N6O6/c1-26(2)19-11-16(5-8-20(19)28(41)43-26)36-25(40)22(14-42-18-6-3-15(4-7-18)27(29,30)31)37-24(39)21(34)9-10-23(38)35-17(12-32)13-33/h3-8,11,17,21-22,41H,9-10,12-14,32-34H2,1-2H3,(H,35,38)(H,36,40)(H,37,39)/t21-,22+/m0/s1. The zero-order valence-corrected chi connectivity index (χ0v) is 23.7. The number of fused-ring (bicyclic) bond motifs is 1. The third kappa shape index (κ3) is 9.14. The molecule has 0 bridgehead atoms. The lowest BCUT2D eigenvalue weighted by Gasteiger charge is -2.23. The normalized spacial score (nSPS) is 15.4. The Labute approximate surface area is 247 Å². The van der Waals surface area contributed by atoms with Gasteiger partial charge in [0.1, 0.15) is 18.4 Å². The molecule has 0 spiro atoms. The van der Waals surface area contributed by atoms with Gasteiger partial charge in [0.25, 0.3) is 5.91 Å². The van der Waals surface area contributed by atoms with E-state index in [9.17, 15) is 32.6 Å². The van der Waals surface area contributed by atoms with Gasteiger partial charge in [-0.3, -0.25) is 14.4 Å². The van der Waals surface area contributed by atoms with Gasteiger partial charge in [0.2, 0.25) is 11.8 Å². The summed E-state index contributed by atoms with van der Waals surface area (Å²) in [7, 11) is -1.13. The maximum Gasteiger partial charge on any atom is 0.492 e. The molecule has 2 atom stereocenters. The number of halogens is 3. The number of carbonyl (C=O) groups excluding carboxylic acids is 3. The van der Waals surface area contributed by atoms with Gasteiger partial charge in [-0.1, -0.05) is 6.07 Å². The average Bonchev–Trinajstić information content (AvgIpc) is 3.18. The molecule has 0 saturated carbocycles. The van der Waals surface area contributed by atoms with E-state index in [0.717, 1.165) is 24.3 Å². The van der Waals surface area contributed by atoms with Gasteiger partial charge in [-0.15, -0.1) is 0 Å². The minimum Gasteiger partial charge on any atom is -0.491 e. The summed E-state index contributed by atoms with van der Waals surface area (Å²) in [5.41, 5.74) is 16.8. The van der Waals surface area contributed by atoms with Crippen molar-refractivity contribution >= 4 is 36.0 Å². The molecule has 0 radical (unpaired) electrons. The number of alkyl halides is 3. The molecular formula is C27H36BF3N6O6. The molecule has 0 saturated heterocycles. The van der Waals surface area contributed by atoms with Crippen LogP contribution in [-0.4, -0.2) is 67.7 Å². The number of hydrogen-bond acceptors (Lipinski definition) is 9. The van der Waals surface area contributed by atoms with Crippen molar-refractivity contribution in [3.8, 4) is 5.75 Å². The summed E-state index contributed by atoms with van der Waals surface area (Å²) in [6, 6.07) is 5.66. The van der Waals surface area contributed by atoms with Crippen LogP contribution in [0.3, 0.4) is 0 Å². The van der Waals surface area contributed by atoms with Crippen molar-refractivity contribution in [1.82, 2.24) is 10.6 Å². The Hall–Kier alpha value is -3.70. The zero-order chi connectivity index (χ0) is 31.9. The first-order valence-electron chi connectivity index (χ1n) is 13.5. The molecule has 234 valence electrons. The predicted octanol–water partition coefficient (Wildman–Crippen LogP) is -0.330. The van der Waals surface area contributed by atoms with Crippen molar-refractivity contribution in [2.24, 2.45) is 17.2 Å². The van der Waals surface area contributed by atoms with Crippen LogP contribution in [0, 0.1) is 0 Å². The molecule has 3 amide bonds. The summed E-state index contributed by atoms with van der Waals surface area (Å²) < 4.78 is 49.8. The Balaban J connectivity index is 1.71. The summed E-state index contributed by atoms with van der Waals surface area (Å²) in [6.07, 6.45) is -4.71. The minimum absolute atomic E-state index is 0.0285. The monoisotopic (exact) mass is 608 g/mol. The van der Waals surface area contributed by atoms with Crippen LogP contribution in [0.2, 0.25) is 0 Å². The second-order valence-corrected chi connectivity index (χ2v) is 10.5. The molecule has 1 aliphatic heterocycles. The second kappa shape index (κ2) is 14.2. The summed E-state index contributed by atoms with van der Waals surface area (Å²) in [4.78, 5) is 38.3. The number of rotatable bonds is 13. The zero-order valence-electron chi connectivity index (χ0n) is 23.7. The van der Waals surface area contributed by atoms with E-state index in [-0.39, 0.29) is 31.7 Å². The molecule has 3 rings (SSSR count). The van der Waals surface area contributed by atoms with Crippen LogP contribution >= 0.6 is 0 Å². The Morgan fingerprint density at radius 1 is 1.05 bits per heavy atom. The number of amides is 3. The van der Waals surface area contributed by atoms with Crippen LogP contribution in [-0.2, 0) is 30.8 Å². The molecule has 2 aromatic rings. The number of benzene rings is 2. The molecule has 2 aromatic carbocycles.